The van der Waals surface area contributed by atoms with E-state index < -0.39 is 23.6 Å². The Bertz CT molecular complexity index is 520. The first-order valence-corrected chi connectivity index (χ1v) is 4.54. The number of carboxylic acids is 1. The van der Waals surface area contributed by atoms with Gasteiger partial charge in [0.2, 0.25) is 0 Å². The lowest BCUT2D eigenvalue weighted by Crippen LogP contribution is -2.19. The molecule has 0 amide bonds. The average molecular weight is 260 g/mol. The Morgan fingerprint density at radius 3 is 2.50 bits per heavy atom. The van der Waals surface area contributed by atoms with Crippen LogP contribution in [-0.2, 0) is 6.54 Å². The highest BCUT2D eigenvalue weighted by atomic mass is 19.4. The van der Waals surface area contributed by atoms with Crippen LogP contribution < -0.4 is 10.5 Å². The number of hydrogen-bond acceptors (Lipinski definition) is 4. The summed E-state index contributed by atoms with van der Waals surface area (Å²) in [7, 11) is 0. The number of nitriles is 1. The van der Waals surface area contributed by atoms with Gasteiger partial charge in [-0.3, -0.25) is 0 Å². The fourth-order valence-corrected chi connectivity index (χ4v) is 1.29. The lowest BCUT2D eigenvalue weighted by atomic mass is 10.0. The molecule has 0 aliphatic heterocycles. The highest BCUT2D eigenvalue weighted by Gasteiger charge is 2.33. The summed E-state index contributed by atoms with van der Waals surface area (Å²) in [6.45, 7) is -0.381. The van der Waals surface area contributed by atoms with Crippen LogP contribution in [0.3, 0.4) is 0 Å². The molecular formula is C10H7F3N2O3. The molecule has 5 nitrogen and oxygen atoms in total. The standard InChI is InChI=1S/C10H7F3N2O3/c11-10(12,13)18-8-2-5(9(16)17)1-6(3-14)7(8)4-15/h1-2H,4,15H2,(H,16,17). The fourth-order valence-electron chi connectivity index (χ4n) is 1.29. The van der Waals surface area contributed by atoms with Gasteiger partial charge in [-0.25, -0.2) is 4.79 Å². The summed E-state index contributed by atoms with van der Waals surface area (Å²) in [5.74, 6) is -2.25. The van der Waals surface area contributed by atoms with E-state index in [9.17, 15) is 18.0 Å². The number of aromatic carboxylic acids is 1. The first kappa shape index (κ1) is 13.8. The van der Waals surface area contributed by atoms with Crippen molar-refractivity contribution in [2.24, 2.45) is 5.73 Å². The summed E-state index contributed by atoms with van der Waals surface area (Å²) in [6.07, 6.45) is -4.99. The van der Waals surface area contributed by atoms with Gasteiger partial charge in [0.1, 0.15) is 5.75 Å². The van der Waals surface area contributed by atoms with E-state index in [1.807, 2.05) is 0 Å². The van der Waals surface area contributed by atoms with Crippen molar-refractivity contribution < 1.29 is 27.8 Å². The van der Waals surface area contributed by atoms with Crippen molar-refractivity contribution in [2.75, 3.05) is 0 Å². The molecule has 0 saturated carbocycles. The van der Waals surface area contributed by atoms with Gasteiger partial charge in [0.25, 0.3) is 0 Å². The quantitative estimate of drug-likeness (QED) is 0.860. The lowest BCUT2D eigenvalue weighted by Gasteiger charge is -2.14. The van der Waals surface area contributed by atoms with Gasteiger partial charge in [-0.2, -0.15) is 5.26 Å². The number of nitrogens with zero attached hydrogens (tertiary/aromatic N) is 1. The average Bonchev–Trinajstić information content (AvgIpc) is 2.25. The molecule has 0 atom stereocenters. The minimum atomic E-state index is -4.99. The summed E-state index contributed by atoms with van der Waals surface area (Å²) in [5.41, 5.74) is 4.28. The maximum Gasteiger partial charge on any atom is 0.573 e. The van der Waals surface area contributed by atoms with Crippen LogP contribution in [-0.4, -0.2) is 17.4 Å². The van der Waals surface area contributed by atoms with E-state index in [1.54, 1.807) is 6.07 Å². The molecule has 0 bridgehead atoms. The fraction of sp³-hybridized carbons (Fsp3) is 0.200. The molecule has 0 fully saturated rings. The van der Waals surface area contributed by atoms with Crippen LogP contribution in [0.25, 0.3) is 0 Å². The number of hydrogen-bond donors (Lipinski definition) is 2. The van der Waals surface area contributed by atoms with E-state index in [-0.39, 0.29) is 17.7 Å². The van der Waals surface area contributed by atoms with Crippen molar-refractivity contribution >= 4 is 5.97 Å². The number of rotatable bonds is 3. The van der Waals surface area contributed by atoms with Crippen molar-refractivity contribution in [3.63, 3.8) is 0 Å². The lowest BCUT2D eigenvalue weighted by molar-refractivity contribution is -0.274. The van der Waals surface area contributed by atoms with Gasteiger partial charge in [-0.15, -0.1) is 13.2 Å². The minimum Gasteiger partial charge on any atom is -0.478 e. The zero-order valence-electron chi connectivity index (χ0n) is 8.78. The molecule has 0 heterocycles. The Kier molecular flexibility index (Phi) is 3.78. The number of ether oxygens (including phenoxy) is 1. The number of halogens is 3. The second-order valence-corrected chi connectivity index (χ2v) is 3.17. The van der Waals surface area contributed by atoms with Gasteiger partial charge < -0.3 is 15.6 Å². The minimum absolute atomic E-state index is 0.195. The second-order valence-electron chi connectivity index (χ2n) is 3.17. The highest BCUT2D eigenvalue weighted by molar-refractivity contribution is 5.89. The smallest absolute Gasteiger partial charge is 0.478 e. The Morgan fingerprint density at radius 2 is 2.11 bits per heavy atom. The van der Waals surface area contributed by atoms with Crippen molar-refractivity contribution in [3.8, 4) is 11.8 Å². The molecule has 8 heteroatoms. The van der Waals surface area contributed by atoms with Crippen molar-refractivity contribution in [2.45, 2.75) is 12.9 Å². The second kappa shape index (κ2) is 4.93. The topological polar surface area (TPSA) is 96.3 Å². The van der Waals surface area contributed by atoms with Crippen molar-refractivity contribution in [1.82, 2.24) is 0 Å². The summed E-state index contributed by atoms with van der Waals surface area (Å²) >= 11 is 0. The molecule has 0 aromatic heterocycles. The molecule has 96 valence electrons. The Hall–Kier alpha value is -2.27. The highest BCUT2D eigenvalue weighted by Crippen LogP contribution is 2.29. The first-order chi connectivity index (χ1) is 8.28. The molecule has 0 unspecified atom stereocenters. The van der Waals surface area contributed by atoms with Crippen LogP contribution >= 0.6 is 0 Å². The Morgan fingerprint density at radius 1 is 1.50 bits per heavy atom. The Balaban J connectivity index is 3.42. The molecule has 0 aliphatic rings. The number of carboxylic acid groups (broad SMARTS) is 1. The van der Waals surface area contributed by atoms with Crippen molar-refractivity contribution in [3.05, 3.63) is 28.8 Å². The van der Waals surface area contributed by atoms with E-state index in [1.165, 1.54) is 0 Å². The van der Waals surface area contributed by atoms with Crippen molar-refractivity contribution in [1.29, 1.82) is 5.26 Å². The van der Waals surface area contributed by atoms with Gasteiger partial charge in [-0.1, -0.05) is 0 Å². The van der Waals surface area contributed by atoms with Crippen LogP contribution in [0, 0.1) is 11.3 Å². The molecule has 0 aliphatic carbocycles. The van der Waals surface area contributed by atoms with E-state index in [0.29, 0.717) is 6.07 Å². The van der Waals surface area contributed by atoms with Gasteiger partial charge in [-0.05, 0) is 12.1 Å². The maximum absolute atomic E-state index is 12.1. The summed E-state index contributed by atoms with van der Waals surface area (Å²) in [6, 6.07) is 3.19. The number of benzene rings is 1. The molecule has 1 rings (SSSR count). The normalized spacial score (nSPS) is 10.8. The summed E-state index contributed by atoms with van der Waals surface area (Å²) < 4.78 is 40.1. The first-order valence-electron chi connectivity index (χ1n) is 4.54. The zero-order valence-corrected chi connectivity index (χ0v) is 8.78. The van der Waals surface area contributed by atoms with Gasteiger partial charge in [0.15, 0.2) is 0 Å². The molecule has 0 spiro atoms. The molecule has 1 aromatic rings. The van der Waals surface area contributed by atoms with E-state index in [0.717, 1.165) is 6.07 Å². The van der Waals surface area contributed by atoms with Crippen LogP contribution in [0.1, 0.15) is 21.5 Å². The van der Waals surface area contributed by atoms with Gasteiger partial charge in [0.05, 0.1) is 17.2 Å². The third-order valence-corrected chi connectivity index (χ3v) is 2.01. The predicted molar refractivity (Wildman–Crippen MR) is 52.7 cm³/mol. The van der Waals surface area contributed by atoms with Crippen LogP contribution in [0.15, 0.2) is 12.1 Å². The van der Waals surface area contributed by atoms with Gasteiger partial charge >= 0.3 is 12.3 Å². The predicted octanol–water partition coefficient (Wildman–Crippen LogP) is 1.61. The summed E-state index contributed by atoms with van der Waals surface area (Å²) in [5, 5.41) is 17.5. The summed E-state index contributed by atoms with van der Waals surface area (Å²) in [4.78, 5) is 10.7. The van der Waals surface area contributed by atoms with E-state index >= 15 is 0 Å². The van der Waals surface area contributed by atoms with Gasteiger partial charge in [0, 0.05) is 12.1 Å². The van der Waals surface area contributed by atoms with Crippen LogP contribution in [0.4, 0.5) is 13.2 Å². The molecule has 0 saturated heterocycles. The number of alkyl halides is 3. The molecule has 18 heavy (non-hydrogen) atoms. The monoisotopic (exact) mass is 260 g/mol. The van der Waals surface area contributed by atoms with E-state index in [4.69, 9.17) is 16.1 Å². The van der Waals surface area contributed by atoms with Crippen LogP contribution in [0.2, 0.25) is 0 Å². The molecule has 3 N–H and O–H groups in total. The maximum atomic E-state index is 12.1. The van der Waals surface area contributed by atoms with Crippen LogP contribution in [0.5, 0.6) is 5.75 Å². The third-order valence-electron chi connectivity index (χ3n) is 2.01. The zero-order chi connectivity index (χ0) is 13.9. The molecule has 1 aromatic carbocycles. The van der Waals surface area contributed by atoms with E-state index in [2.05, 4.69) is 4.74 Å². The molecular weight excluding hydrogens is 253 g/mol. The number of carbonyl (C=O) groups is 1. The largest absolute Gasteiger partial charge is 0.573 e. The third kappa shape index (κ3) is 3.11. The SMILES string of the molecule is N#Cc1cc(C(=O)O)cc(OC(F)(F)F)c1CN. The Labute approximate surface area is 99.2 Å². The number of nitrogens with two attached hydrogens (primary N) is 1. The molecule has 0 radical (unpaired) electrons.